The molecule has 0 bridgehead atoms. The predicted molar refractivity (Wildman–Crippen MR) is 128 cm³/mol. The zero-order chi connectivity index (χ0) is 24.1. The Bertz CT molecular complexity index is 1240. The van der Waals surface area contributed by atoms with Crippen LogP contribution in [0.4, 0.5) is 11.4 Å². The van der Waals surface area contributed by atoms with Gasteiger partial charge in [-0.1, -0.05) is 30.3 Å². The second-order valence-corrected chi connectivity index (χ2v) is 7.63. The minimum Gasteiger partial charge on any atom is -0.496 e. The van der Waals surface area contributed by atoms with Gasteiger partial charge in [-0.3, -0.25) is 14.6 Å². The van der Waals surface area contributed by atoms with Crippen LogP contribution in [-0.4, -0.2) is 36.5 Å². The van der Waals surface area contributed by atoms with Gasteiger partial charge in [0.05, 0.1) is 18.4 Å². The summed E-state index contributed by atoms with van der Waals surface area (Å²) in [6.45, 7) is 1.47. The summed E-state index contributed by atoms with van der Waals surface area (Å²) >= 11 is 0. The number of anilines is 2. The molecule has 0 spiro atoms. The van der Waals surface area contributed by atoms with E-state index in [4.69, 9.17) is 9.47 Å². The molecule has 0 saturated carbocycles. The maximum atomic E-state index is 12.7. The van der Waals surface area contributed by atoms with Crippen molar-refractivity contribution in [1.82, 2.24) is 0 Å². The maximum absolute atomic E-state index is 12.7. The van der Waals surface area contributed by atoms with Crippen LogP contribution >= 0.6 is 0 Å². The van der Waals surface area contributed by atoms with Gasteiger partial charge < -0.3 is 14.8 Å². The lowest BCUT2D eigenvalue weighted by Crippen LogP contribution is -2.33. The number of amides is 1. The van der Waals surface area contributed by atoms with Gasteiger partial charge in [0, 0.05) is 12.1 Å². The fourth-order valence-electron chi connectivity index (χ4n) is 3.57. The van der Waals surface area contributed by atoms with Gasteiger partial charge in [0.2, 0.25) is 0 Å². The standard InChI is InChI=1S/C26H23N3O5/c1-17(30)23-16-22(28-29(23)19-8-4-3-5-9-19)26(32)34-20-14-12-18(13-15-20)27-25(31)21-10-6-7-11-24(21)33-2/h3-15,23H,16H2,1-2H3,(H,27,31). The molecule has 3 aromatic carbocycles. The van der Waals surface area contributed by atoms with Crippen LogP contribution in [-0.2, 0) is 9.59 Å². The Balaban J connectivity index is 1.43. The number of ketones is 1. The summed E-state index contributed by atoms with van der Waals surface area (Å²) in [5.74, 6) is -0.281. The fourth-order valence-corrected chi connectivity index (χ4v) is 3.57. The third-order valence-corrected chi connectivity index (χ3v) is 5.31. The van der Waals surface area contributed by atoms with E-state index in [0.29, 0.717) is 22.7 Å². The highest BCUT2D eigenvalue weighted by atomic mass is 16.5. The molecule has 1 unspecified atom stereocenters. The molecule has 0 saturated heterocycles. The number of methoxy groups -OCH3 is 1. The van der Waals surface area contributed by atoms with Gasteiger partial charge in [-0.2, -0.15) is 5.10 Å². The number of carbonyl (C=O) groups excluding carboxylic acids is 3. The van der Waals surface area contributed by atoms with E-state index in [1.807, 2.05) is 30.3 Å². The van der Waals surface area contributed by atoms with Gasteiger partial charge in [0.25, 0.3) is 5.91 Å². The molecule has 1 amide bonds. The van der Waals surface area contributed by atoms with Crippen molar-refractivity contribution < 1.29 is 23.9 Å². The Morgan fingerprint density at radius 2 is 1.62 bits per heavy atom. The van der Waals surface area contributed by atoms with Crippen LogP contribution in [0.3, 0.4) is 0 Å². The van der Waals surface area contributed by atoms with Gasteiger partial charge in [0.1, 0.15) is 23.3 Å². The molecule has 1 aliphatic heterocycles. The van der Waals surface area contributed by atoms with Crippen molar-refractivity contribution >= 4 is 34.7 Å². The first-order valence-electron chi connectivity index (χ1n) is 10.6. The summed E-state index contributed by atoms with van der Waals surface area (Å²) in [5.41, 5.74) is 1.82. The van der Waals surface area contributed by atoms with E-state index in [1.54, 1.807) is 53.5 Å². The fraction of sp³-hybridized carbons (Fsp3) is 0.154. The van der Waals surface area contributed by atoms with Crippen molar-refractivity contribution in [3.63, 3.8) is 0 Å². The zero-order valence-electron chi connectivity index (χ0n) is 18.7. The van der Waals surface area contributed by atoms with E-state index < -0.39 is 12.0 Å². The number of rotatable bonds is 7. The molecule has 0 radical (unpaired) electrons. The monoisotopic (exact) mass is 457 g/mol. The first-order valence-corrected chi connectivity index (χ1v) is 10.6. The molecule has 8 heteroatoms. The highest BCUT2D eigenvalue weighted by Gasteiger charge is 2.35. The molecule has 0 aromatic heterocycles. The molecule has 1 atom stereocenters. The summed E-state index contributed by atoms with van der Waals surface area (Å²) < 4.78 is 10.7. The van der Waals surface area contributed by atoms with Crippen molar-refractivity contribution in [1.29, 1.82) is 0 Å². The lowest BCUT2D eigenvalue weighted by atomic mass is 10.1. The SMILES string of the molecule is COc1ccccc1C(=O)Nc1ccc(OC(=O)C2=NN(c3ccccc3)C(C(C)=O)C2)cc1. The number of nitrogens with zero attached hydrogens (tertiary/aromatic N) is 2. The first-order chi connectivity index (χ1) is 16.5. The average Bonchev–Trinajstić information content (AvgIpc) is 3.32. The van der Waals surface area contributed by atoms with Gasteiger partial charge in [-0.15, -0.1) is 0 Å². The van der Waals surface area contributed by atoms with Crippen molar-refractivity contribution in [3.8, 4) is 11.5 Å². The molecule has 8 nitrogen and oxygen atoms in total. The molecule has 34 heavy (non-hydrogen) atoms. The van der Waals surface area contributed by atoms with Crippen LogP contribution in [0.2, 0.25) is 0 Å². The number of para-hydroxylation sites is 2. The Hall–Kier alpha value is -4.46. The van der Waals surface area contributed by atoms with Gasteiger partial charge in [0.15, 0.2) is 5.78 Å². The number of hydrazone groups is 1. The highest BCUT2D eigenvalue weighted by molar-refractivity contribution is 6.38. The van der Waals surface area contributed by atoms with Crippen LogP contribution in [0, 0.1) is 0 Å². The topological polar surface area (TPSA) is 97.3 Å². The second-order valence-electron chi connectivity index (χ2n) is 7.63. The molecule has 1 heterocycles. The Labute approximate surface area is 196 Å². The summed E-state index contributed by atoms with van der Waals surface area (Å²) in [7, 11) is 1.50. The van der Waals surface area contributed by atoms with E-state index >= 15 is 0 Å². The van der Waals surface area contributed by atoms with Crippen LogP contribution in [0.25, 0.3) is 0 Å². The van der Waals surface area contributed by atoms with E-state index in [-0.39, 0.29) is 23.8 Å². The average molecular weight is 457 g/mol. The van der Waals surface area contributed by atoms with E-state index in [1.165, 1.54) is 14.0 Å². The van der Waals surface area contributed by atoms with Crippen molar-refractivity contribution in [2.24, 2.45) is 5.10 Å². The predicted octanol–water partition coefficient (Wildman–Crippen LogP) is 4.08. The molecular weight excluding hydrogens is 434 g/mol. The van der Waals surface area contributed by atoms with Crippen LogP contribution < -0.4 is 19.8 Å². The molecule has 172 valence electrons. The summed E-state index contributed by atoms with van der Waals surface area (Å²) in [6.07, 6.45) is 0.163. The smallest absolute Gasteiger partial charge is 0.359 e. The van der Waals surface area contributed by atoms with Crippen LogP contribution in [0.5, 0.6) is 11.5 Å². The van der Waals surface area contributed by atoms with Gasteiger partial charge >= 0.3 is 5.97 Å². The number of ether oxygens (including phenoxy) is 2. The normalized spacial score (nSPS) is 14.8. The van der Waals surface area contributed by atoms with E-state index in [9.17, 15) is 14.4 Å². The molecule has 1 aliphatic rings. The summed E-state index contributed by atoms with van der Waals surface area (Å²) in [4.78, 5) is 37.4. The Morgan fingerprint density at radius 1 is 0.941 bits per heavy atom. The van der Waals surface area contributed by atoms with Crippen molar-refractivity contribution in [2.45, 2.75) is 19.4 Å². The lowest BCUT2D eigenvalue weighted by Gasteiger charge is -2.20. The van der Waals surface area contributed by atoms with E-state index in [2.05, 4.69) is 10.4 Å². The first kappa shape index (κ1) is 22.7. The van der Waals surface area contributed by atoms with Gasteiger partial charge in [-0.05, 0) is 55.5 Å². The number of benzene rings is 3. The largest absolute Gasteiger partial charge is 0.496 e. The molecule has 0 fully saturated rings. The summed E-state index contributed by atoms with van der Waals surface area (Å²) in [5, 5.41) is 8.68. The number of hydrogen-bond acceptors (Lipinski definition) is 7. The Morgan fingerprint density at radius 3 is 2.29 bits per heavy atom. The number of hydrogen-bond donors (Lipinski definition) is 1. The third-order valence-electron chi connectivity index (χ3n) is 5.31. The minimum atomic E-state index is -0.629. The summed E-state index contributed by atoms with van der Waals surface area (Å²) in [6, 6.07) is 21.9. The number of Topliss-reactive ketones (excluding diaryl/α,β-unsaturated/α-hetero) is 1. The van der Waals surface area contributed by atoms with Crippen LogP contribution in [0.15, 0.2) is 84.0 Å². The highest BCUT2D eigenvalue weighted by Crippen LogP contribution is 2.26. The number of esters is 1. The van der Waals surface area contributed by atoms with Crippen molar-refractivity contribution in [3.05, 3.63) is 84.4 Å². The zero-order valence-corrected chi connectivity index (χ0v) is 18.7. The third kappa shape index (κ3) is 4.96. The lowest BCUT2D eigenvalue weighted by molar-refractivity contribution is -0.127. The number of nitrogens with one attached hydrogen (secondary N) is 1. The van der Waals surface area contributed by atoms with Gasteiger partial charge in [-0.25, -0.2) is 4.79 Å². The van der Waals surface area contributed by atoms with Crippen LogP contribution in [0.1, 0.15) is 23.7 Å². The molecular formula is C26H23N3O5. The molecule has 4 rings (SSSR count). The number of carbonyl (C=O) groups is 3. The van der Waals surface area contributed by atoms with E-state index in [0.717, 1.165) is 5.69 Å². The maximum Gasteiger partial charge on any atom is 0.359 e. The minimum absolute atomic E-state index is 0.0921. The molecule has 0 aliphatic carbocycles. The van der Waals surface area contributed by atoms with Crippen molar-refractivity contribution in [2.75, 3.05) is 17.4 Å². The Kier molecular flexibility index (Phi) is 6.68. The quantitative estimate of drug-likeness (QED) is 0.424. The second kappa shape index (κ2) is 9.99. The molecule has 3 aromatic rings. The molecule has 1 N–H and O–H groups in total.